The number of rotatable bonds is 5. The van der Waals surface area contributed by atoms with Crippen molar-refractivity contribution in [3.63, 3.8) is 0 Å². The number of halogens is 3. The molecular weight excluding hydrogens is 345 g/mol. The van der Waals surface area contributed by atoms with Crippen molar-refractivity contribution < 1.29 is 22.8 Å². The minimum absolute atomic E-state index is 0.207. The molecule has 0 saturated carbocycles. The SMILES string of the molecule is CCN(CC)C(=O)c1cccc(NC(=O)c2ccccc2C(F)(F)F)c1. The molecule has 4 nitrogen and oxygen atoms in total. The Morgan fingerprint density at radius 3 is 2.27 bits per heavy atom. The summed E-state index contributed by atoms with van der Waals surface area (Å²) in [7, 11) is 0. The zero-order valence-electron chi connectivity index (χ0n) is 14.4. The molecule has 2 rings (SSSR count). The first-order chi connectivity index (χ1) is 12.3. The zero-order chi connectivity index (χ0) is 19.3. The summed E-state index contributed by atoms with van der Waals surface area (Å²) in [5, 5.41) is 2.43. The fourth-order valence-corrected chi connectivity index (χ4v) is 2.55. The van der Waals surface area contributed by atoms with Gasteiger partial charge in [-0.1, -0.05) is 18.2 Å². The van der Waals surface area contributed by atoms with Crippen LogP contribution in [-0.4, -0.2) is 29.8 Å². The molecule has 0 atom stereocenters. The number of hydrogen-bond acceptors (Lipinski definition) is 2. The van der Waals surface area contributed by atoms with Gasteiger partial charge in [0.05, 0.1) is 11.1 Å². The predicted octanol–water partition coefficient (Wildman–Crippen LogP) is 4.44. The van der Waals surface area contributed by atoms with E-state index in [-0.39, 0.29) is 11.6 Å². The monoisotopic (exact) mass is 364 g/mol. The maximum Gasteiger partial charge on any atom is 0.417 e. The Morgan fingerprint density at radius 2 is 1.65 bits per heavy atom. The van der Waals surface area contributed by atoms with E-state index in [2.05, 4.69) is 5.32 Å². The number of carbonyl (C=O) groups excluding carboxylic acids is 2. The molecule has 1 N–H and O–H groups in total. The number of alkyl halides is 3. The maximum absolute atomic E-state index is 13.1. The van der Waals surface area contributed by atoms with Crippen LogP contribution in [0.5, 0.6) is 0 Å². The lowest BCUT2D eigenvalue weighted by Gasteiger charge is -2.19. The minimum atomic E-state index is -4.63. The van der Waals surface area contributed by atoms with E-state index in [9.17, 15) is 22.8 Å². The van der Waals surface area contributed by atoms with Crippen LogP contribution in [0.25, 0.3) is 0 Å². The Morgan fingerprint density at radius 1 is 1.00 bits per heavy atom. The smallest absolute Gasteiger partial charge is 0.339 e. The molecule has 7 heteroatoms. The lowest BCUT2D eigenvalue weighted by molar-refractivity contribution is -0.137. The lowest BCUT2D eigenvalue weighted by Crippen LogP contribution is -2.30. The summed E-state index contributed by atoms with van der Waals surface area (Å²) < 4.78 is 39.2. The van der Waals surface area contributed by atoms with Gasteiger partial charge in [0.15, 0.2) is 0 Å². The van der Waals surface area contributed by atoms with Gasteiger partial charge in [-0.2, -0.15) is 13.2 Å². The number of hydrogen-bond donors (Lipinski definition) is 1. The van der Waals surface area contributed by atoms with E-state index >= 15 is 0 Å². The van der Waals surface area contributed by atoms with Crippen LogP contribution in [0.2, 0.25) is 0 Å². The normalized spacial score (nSPS) is 11.1. The molecule has 0 aliphatic carbocycles. The van der Waals surface area contributed by atoms with Crippen molar-refractivity contribution in [1.29, 1.82) is 0 Å². The van der Waals surface area contributed by atoms with Crippen LogP contribution in [0, 0.1) is 0 Å². The molecular formula is C19H19F3N2O2. The summed E-state index contributed by atoms with van der Waals surface area (Å²) in [5.41, 5.74) is -0.867. The van der Waals surface area contributed by atoms with E-state index in [1.165, 1.54) is 24.3 Å². The molecule has 0 aromatic heterocycles. The van der Waals surface area contributed by atoms with Crippen molar-refractivity contribution in [3.05, 3.63) is 65.2 Å². The Kier molecular flexibility index (Phi) is 6.02. The van der Waals surface area contributed by atoms with Gasteiger partial charge < -0.3 is 10.2 Å². The van der Waals surface area contributed by atoms with Crippen LogP contribution in [0.4, 0.5) is 18.9 Å². The quantitative estimate of drug-likeness (QED) is 0.853. The number of amides is 2. The van der Waals surface area contributed by atoms with E-state index in [1.807, 2.05) is 13.8 Å². The Labute approximate surface area is 149 Å². The second-order valence-electron chi connectivity index (χ2n) is 5.56. The predicted molar refractivity (Wildman–Crippen MR) is 93.1 cm³/mol. The van der Waals surface area contributed by atoms with E-state index < -0.39 is 23.2 Å². The van der Waals surface area contributed by atoms with E-state index in [0.717, 1.165) is 12.1 Å². The molecule has 26 heavy (non-hydrogen) atoms. The largest absolute Gasteiger partial charge is 0.417 e. The fraction of sp³-hybridized carbons (Fsp3) is 0.263. The second kappa shape index (κ2) is 8.03. The molecule has 0 aliphatic rings. The molecule has 0 radical (unpaired) electrons. The number of benzene rings is 2. The molecule has 2 aromatic carbocycles. The third-order valence-corrected chi connectivity index (χ3v) is 3.90. The minimum Gasteiger partial charge on any atom is -0.339 e. The number of nitrogens with zero attached hydrogens (tertiary/aromatic N) is 1. The molecule has 0 bridgehead atoms. The zero-order valence-corrected chi connectivity index (χ0v) is 14.4. The van der Waals surface area contributed by atoms with Gasteiger partial charge in [-0.3, -0.25) is 9.59 Å². The van der Waals surface area contributed by atoms with Gasteiger partial charge in [0.1, 0.15) is 0 Å². The van der Waals surface area contributed by atoms with Crippen LogP contribution < -0.4 is 5.32 Å². The van der Waals surface area contributed by atoms with Crippen molar-refractivity contribution in [1.82, 2.24) is 4.90 Å². The summed E-state index contributed by atoms with van der Waals surface area (Å²) in [4.78, 5) is 26.3. The first-order valence-corrected chi connectivity index (χ1v) is 8.14. The third-order valence-electron chi connectivity index (χ3n) is 3.90. The maximum atomic E-state index is 13.1. The van der Waals surface area contributed by atoms with Gasteiger partial charge in [0, 0.05) is 24.3 Å². The summed E-state index contributed by atoms with van der Waals surface area (Å²) in [6.45, 7) is 4.76. The molecule has 138 valence electrons. The Balaban J connectivity index is 2.26. The van der Waals surface area contributed by atoms with E-state index in [0.29, 0.717) is 18.7 Å². The Bertz CT molecular complexity index is 799. The van der Waals surface area contributed by atoms with Gasteiger partial charge in [0.2, 0.25) is 0 Å². The summed E-state index contributed by atoms with van der Waals surface area (Å²) in [6, 6.07) is 10.7. The van der Waals surface area contributed by atoms with Crippen molar-refractivity contribution >= 4 is 17.5 Å². The highest BCUT2D eigenvalue weighted by molar-refractivity contribution is 6.06. The summed E-state index contributed by atoms with van der Waals surface area (Å²) >= 11 is 0. The van der Waals surface area contributed by atoms with Crippen LogP contribution in [0.15, 0.2) is 48.5 Å². The highest BCUT2D eigenvalue weighted by Crippen LogP contribution is 2.32. The van der Waals surface area contributed by atoms with E-state index in [1.54, 1.807) is 17.0 Å². The van der Waals surface area contributed by atoms with Crippen molar-refractivity contribution in [2.45, 2.75) is 20.0 Å². The second-order valence-corrected chi connectivity index (χ2v) is 5.56. The van der Waals surface area contributed by atoms with Crippen molar-refractivity contribution in [2.75, 3.05) is 18.4 Å². The topological polar surface area (TPSA) is 49.4 Å². The summed E-state index contributed by atoms with van der Waals surface area (Å²) in [5.74, 6) is -1.09. The Hall–Kier alpha value is -2.83. The van der Waals surface area contributed by atoms with Gasteiger partial charge >= 0.3 is 6.18 Å². The molecule has 0 heterocycles. The lowest BCUT2D eigenvalue weighted by atomic mass is 10.1. The van der Waals surface area contributed by atoms with Gasteiger partial charge in [-0.25, -0.2) is 0 Å². The van der Waals surface area contributed by atoms with Crippen LogP contribution in [-0.2, 0) is 6.18 Å². The van der Waals surface area contributed by atoms with Crippen molar-refractivity contribution in [2.24, 2.45) is 0 Å². The standard InChI is InChI=1S/C19H19F3N2O2/c1-3-24(4-2)18(26)13-8-7-9-14(12-13)23-17(25)15-10-5-6-11-16(15)19(20,21)22/h5-12H,3-4H2,1-2H3,(H,23,25). The molecule has 0 saturated heterocycles. The molecule has 0 spiro atoms. The van der Waals surface area contributed by atoms with Gasteiger partial charge in [-0.05, 0) is 44.2 Å². The third kappa shape index (κ3) is 4.41. The molecule has 0 fully saturated rings. The van der Waals surface area contributed by atoms with E-state index in [4.69, 9.17) is 0 Å². The van der Waals surface area contributed by atoms with Crippen LogP contribution in [0.3, 0.4) is 0 Å². The molecule has 2 amide bonds. The highest BCUT2D eigenvalue weighted by atomic mass is 19.4. The molecule has 0 aliphatic heterocycles. The van der Waals surface area contributed by atoms with Crippen LogP contribution >= 0.6 is 0 Å². The molecule has 2 aromatic rings. The average Bonchev–Trinajstić information content (AvgIpc) is 2.62. The van der Waals surface area contributed by atoms with Crippen LogP contribution in [0.1, 0.15) is 40.1 Å². The highest BCUT2D eigenvalue weighted by Gasteiger charge is 2.34. The first-order valence-electron chi connectivity index (χ1n) is 8.14. The first kappa shape index (κ1) is 19.5. The summed E-state index contributed by atoms with van der Waals surface area (Å²) in [6.07, 6.45) is -4.63. The van der Waals surface area contributed by atoms with Gasteiger partial charge in [0.25, 0.3) is 11.8 Å². The van der Waals surface area contributed by atoms with Crippen molar-refractivity contribution in [3.8, 4) is 0 Å². The number of anilines is 1. The molecule has 0 unspecified atom stereocenters. The van der Waals surface area contributed by atoms with Gasteiger partial charge in [-0.15, -0.1) is 0 Å². The number of carbonyl (C=O) groups is 2. The fourth-order valence-electron chi connectivity index (χ4n) is 2.55. The average molecular weight is 364 g/mol. The number of nitrogens with one attached hydrogen (secondary N) is 1.